The van der Waals surface area contributed by atoms with Crippen LogP contribution >= 0.6 is 0 Å². The van der Waals surface area contributed by atoms with Crippen LogP contribution in [0, 0.1) is 0 Å². The summed E-state index contributed by atoms with van der Waals surface area (Å²) >= 11 is 0. The summed E-state index contributed by atoms with van der Waals surface area (Å²) in [5.74, 6) is -0.249. The van der Waals surface area contributed by atoms with Crippen molar-refractivity contribution in [3.8, 4) is 5.75 Å². The van der Waals surface area contributed by atoms with Crippen molar-refractivity contribution in [2.24, 2.45) is 0 Å². The van der Waals surface area contributed by atoms with Gasteiger partial charge >= 0.3 is 12.5 Å². The van der Waals surface area contributed by atoms with Crippen LogP contribution in [0.3, 0.4) is 0 Å². The Balaban J connectivity index is 1.89. The van der Waals surface area contributed by atoms with E-state index in [1.807, 2.05) is 0 Å². The van der Waals surface area contributed by atoms with Gasteiger partial charge in [-0.1, -0.05) is 24.3 Å². The third-order valence-corrected chi connectivity index (χ3v) is 4.26. The van der Waals surface area contributed by atoms with Crippen molar-refractivity contribution in [3.05, 3.63) is 35.9 Å². The number of fused-ring (bicyclic) bond motifs is 2. The first-order valence-corrected chi connectivity index (χ1v) is 8.68. The monoisotopic (exact) mass is 385 g/mol. The Bertz CT molecular complexity index is 739. The Morgan fingerprint density at radius 2 is 1.89 bits per heavy atom. The van der Waals surface area contributed by atoms with E-state index in [0.29, 0.717) is 24.2 Å². The van der Waals surface area contributed by atoms with Crippen molar-refractivity contribution < 1.29 is 32.2 Å². The van der Waals surface area contributed by atoms with Gasteiger partial charge in [-0.05, 0) is 38.8 Å². The molecule has 1 saturated heterocycles. The molecule has 2 atom stereocenters. The average Bonchev–Trinajstić information content (AvgIpc) is 2.51. The van der Waals surface area contributed by atoms with Crippen molar-refractivity contribution in [1.82, 2.24) is 4.90 Å². The number of hydrogen-bond donors (Lipinski definition) is 0. The van der Waals surface area contributed by atoms with Gasteiger partial charge < -0.3 is 14.2 Å². The van der Waals surface area contributed by atoms with Gasteiger partial charge in [0.2, 0.25) is 0 Å². The van der Waals surface area contributed by atoms with E-state index in [2.05, 4.69) is 4.74 Å². The Morgan fingerprint density at radius 3 is 2.52 bits per heavy atom. The molecular weight excluding hydrogens is 363 g/mol. The van der Waals surface area contributed by atoms with Crippen LogP contribution in [0.25, 0.3) is 5.57 Å². The Morgan fingerprint density at radius 1 is 1.19 bits per heavy atom. The van der Waals surface area contributed by atoms with Crippen LogP contribution in [0.1, 0.15) is 32.8 Å². The van der Waals surface area contributed by atoms with E-state index in [4.69, 9.17) is 9.47 Å². The first-order valence-electron chi connectivity index (χ1n) is 8.68. The average molecular weight is 385 g/mol. The molecule has 0 spiro atoms. The molecule has 5 nitrogen and oxygen atoms in total. The third-order valence-electron chi connectivity index (χ3n) is 4.26. The quantitative estimate of drug-likeness (QED) is 0.758. The molecular formula is C19H22F3NO4. The Kier molecular flexibility index (Phi) is 5.12. The highest BCUT2D eigenvalue weighted by molar-refractivity contribution is 5.76. The highest BCUT2D eigenvalue weighted by Crippen LogP contribution is 2.38. The first-order chi connectivity index (χ1) is 12.5. The van der Waals surface area contributed by atoms with Crippen LogP contribution < -0.4 is 4.74 Å². The zero-order chi connectivity index (χ0) is 19.8. The van der Waals surface area contributed by atoms with Crippen molar-refractivity contribution in [2.45, 2.75) is 51.2 Å². The van der Waals surface area contributed by atoms with Crippen molar-refractivity contribution >= 4 is 11.7 Å². The van der Waals surface area contributed by atoms with Crippen LogP contribution in [0.5, 0.6) is 5.75 Å². The molecule has 2 aliphatic heterocycles. The number of rotatable bonds is 2. The van der Waals surface area contributed by atoms with E-state index in [1.165, 1.54) is 12.1 Å². The number of halogens is 3. The fourth-order valence-electron chi connectivity index (χ4n) is 3.34. The highest BCUT2D eigenvalue weighted by Gasteiger charge is 2.41. The Hall–Kier alpha value is -2.22. The Labute approximate surface area is 155 Å². The number of benzene rings is 1. The molecule has 0 aromatic heterocycles. The summed E-state index contributed by atoms with van der Waals surface area (Å²) in [5.41, 5.74) is 0.437. The molecule has 8 heteroatoms. The molecule has 3 rings (SSSR count). The number of ether oxygens (including phenoxy) is 3. The van der Waals surface area contributed by atoms with Crippen LogP contribution in [0.4, 0.5) is 18.0 Å². The SMILES string of the molecule is CC(C)(C)OC(=O)N1C2C=C(c3ccccc3OC(F)(F)F)CC1COC2. The van der Waals surface area contributed by atoms with Crippen molar-refractivity contribution in [3.63, 3.8) is 0 Å². The molecule has 1 fully saturated rings. The molecule has 0 saturated carbocycles. The van der Waals surface area contributed by atoms with E-state index < -0.39 is 24.1 Å². The van der Waals surface area contributed by atoms with Crippen LogP contribution in [-0.4, -0.2) is 48.3 Å². The number of carbonyl (C=O) groups excluding carboxylic acids is 1. The van der Waals surface area contributed by atoms with Gasteiger partial charge in [0, 0.05) is 5.56 Å². The fraction of sp³-hybridized carbons (Fsp3) is 0.526. The van der Waals surface area contributed by atoms with E-state index in [9.17, 15) is 18.0 Å². The molecule has 27 heavy (non-hydrogen) atoms. The second kappa shape index (κ2) is 7.07. The largest absolute Gasteiger partial charge is 0.573 e. The van der Waals surface area contributed by atoms with Gasteiger partial charge in [-0.2, -0.15) is 0 Å². The van der Waals surface area contributed by atoms with E-state index in [0.717, 1.165) is 0 Å². The lowest BCUT2D eigenvalue weighted by atomic mass is 9.89. The van der Waals surface area contributed by atoms with Crippen LogP contribution in [-0.2, 0) is 9.47 Å². The van der Waals surface area contributed by atoms with Gasteiger partial charge in [-0.15, -0.1) is 13.2 Å². The van der Waals surface area contributed by atoms with Crippen LogP contribution in [0.15, 0.2) is 30.3 Å². The molecule has 1 aromatic rings. The zero-order valence-electron chi connectivity index (χ0n) is 15.4. The van der Waals surface area contributed by atoms with E-state index in [1.54, 1.807) is 43.9 Å². The molecule has 0 aliphatic carbocycles. The maximum absolute atomic E-state index is 12.7. The molecule has 2 heterocycles. The normalized spacial score (nSPS) is 22.9. The van der Waals surface area contributed by atoms with Crippen LogP contribution in [0.2, 0.25) is 0 Å². The smallest absolute Gasteiger partial charge is 0.444 e. The predicted octanol–water partition coefficient (Wildman–Crippen LogP) is 4.38. The van der Waals surface area contributed by atoms with Gasteiger partial charge in [0.05, 0.1) is 25.3 Å². The topological polar surface area (TPSA) is 48.0 Å². The summed E-state index contributed by atoms with van der Waals surface area (Å²) in [6.07, 6.45) is -3.10. The van der Waals surface area contributed by atoms with Gasteiger partial charge in [-0.3, -0.25) is 4.90 Å². The third kappa shape index (κ3) is 4.74. The molecule has 0 N–H and O–H groups in total. The number of hydrogen-bond acceptors (Lipinski definition) is 4. The molecule has 2 unspecified atom stereocenters. The minimum atomic E-state index is -4.77. The van der Waals surface area contributed by atoms with E-state index in [-0.39, 0.29) is 18.4 Å². The lowest BCUT2D eigenvalue weighted by molar-refractivity contribution is -0.274. The summed E-state index contributed by atoms with van der Waals surface area (Å²) in [6, 6.07) is 5.32. The van der Waals surface area contributed by atoms with Crippen molar-refractivity contribution in [1.29, 1.82) is 0 Å². The maximum Gasteiger partial charge on any atom is 0.573 e. The van der Waals surface area contributed by atoms with Crippen molar-refractivity contribution in [2.75, 3.05) is 13.2 Å². The molecule has 2 aliphatic rings. The minimum absolute atomic E-state index is 0.249. The molecule has 148 valence electrons. The number of nitrogens with zero attached hydrogens (tertiary/aromatic N) is 1. The fourth-order valence-corrected chi connectivity index (χ4v) is 3.34. The second-order valence-electron chi connectivity index (χ2n) is 7.59. The zero-order valence-corrected chi connectivity index (χ0v) is 15.4. The molecule has 0 radical (unpaired) electrons. The first kappa shape index (κ1) is 19.5. The summed E-state index contributed by atoms with van der Waals surface area (Å²) in [4.78, 5) is 14.2. The molecule has 1 amide bonds. The number of alkyl halides is 3. The van der Waals surface area contributed by atoms with Gasteiger partial charge in [0.25, 0.3) is 0 Å². The standard InChI is InChI=1S/C19H22F3NO4/c1-18(2,3)27-17(24)23-13-8-12(9-14(23)11-25-10-13)15-6-4-5-7-16(15)26-19(20,21)22/h4-8,13-14H,9-11H2,1-3H3. The van der Waals surface area contributed by atoms with E-state index >= 15 is 0 Å². The number of morpholine rings is 1. The van der Waals surface area contributed by atoms with Gasteiger partial charge in [-0.25, -0.2) is 4.79 Å². The lowest BCUT2D eigenvalue weighted by Gasteiger charge is -2.44. The maximum atomic E-state index is 12.7. The highest BCUT2D eigenvalue weighted by atomic mass is 19.4. The minimum Gasteiger partial charge on any atom is -0.444 e. The summed E-state index contributed by atoms with van der Waals surface area (Å²) in [5, 5.41) is 0. The summed E-state index contributed by atoms with van der Waals surface area (Å²) in [7, 11) is 0. The second-order valence-corrected chi connectivity index (χ2v) is 7.59. The van der Waals surface area contributed by atoms with Gasteiger partial charge in [0.15, 0.2) is 0 Å². The number of para-hydroxylation sites is 1. The lowest BCUT2D eigenvalue weighted by Crippen LogP contribution is -2.57. The van der Waals surface area contributed by atoms with Gasteiger partial charge in [0.1, 0.15) is 11.4 Å². The summed E-state index contributed by atoms with van der Waals surface area (Å²) in [6.45, 7) is 5.92. The summed E-state index contributed by atoms with van der Waals surface area (Å²) < 4.78 is 53.3. The molecule has 1 aromatic carbocycles. The predicted molar refractivity (Wildman–Crippen MR) is 92.2 cm³/mol. The number of carbonyl (C=O) groups is 1. The molecule has 2 bridgehead atoms. The number of amides is 1.